The maximum absolute atomic E-state index is 12.0. The highest BCUT2D eigenvalue weighted by Crippen LogP contribution is 2.29. The van der Waals surface area contributed by atoms with Gasteiger partial charge in [0.2, 0.25) is 0 Å². The topological polar surface area (TPSA) is 29.5 Å². The molecule has 0 aliphatic heterocycles. The minimum Gasteiger partial charge on any atom is -0.495 e. The van der Waals surface area contributed by atoms with Crippen LogP contribution in [0.1, 0.15) is 6.92 Å². The first-order chi connectivity index (χ1) is 8.10. The summed E-state index contributed by atoms with van der Waals surface area (Å²) in [6, 6.07) is 7.44. The SMILES string of the molecule is C=CC(C)SC(=O)N(C)c1ccccc1OC. The molecule has 1 unspecified atom stereocenters. The van der Waals surface area contributed by atoms with Crippen molar-refractivity contribution in [2.24, 2.45) is 0 Å². The first-order valence-electron chi connectivity index (χ1n) is 5.30. The van der Waals surface area contributed by atoms with E-state index in [0.717, 1.165) is 5.69 Å². The van der Waals surface area contributed by atoms with Crippen LogP contribution in [0.25, 0.3) is 0 Å². The Morgan fingerprint density at radius 2 is 2.18 bits per heavy atom. The zero-order valence-corrected chi connectivity index (χ0v) is 11.2. The number of carbonyl (C=O) groups excluding carboxylic acids is 1. The van der Waals surface area contributed by atoms with Crippen molar-refractivity contribution in [3.63, 3.8) is 0 Å². The maximum atomic E-state index is 12.0. The molecule has 0 fully saturated rings. The Balaban J connectivity index is 2.84. The number of anilines is 1. The number of thioether (sulfide) groups is 1. The van der Waals surface area contributed by atoms with E-state index in [9.17, 15) is 4.79 Å². The Bertz CT molecular complexity index is 406. The van der Waals surface area contributed by atoms with Crippen LogP contribution in [-0.2, 0) is 0 Å². The summed E-state index contributed by atoms with van der Waals surface area (Å²) in [5, 5.41) is 0.0709. The number of hydrogen-bond donors (Lipinski definition) is 0. The third-order valence-electron chi connectivity index (χ3n) is 2.34. The molecule has 0 N–H and O–H groups in total. The Morgan fingerprint density at radius 1 is 1.53 bits per heavy atom. The van der Waals surface area contributed by atoms with Gasteiger partial charge in [-0.25, -0.2) is 0 Å². The van der Waals surface area contributed by atoms with Gasteiger partial charge in [0.1, 0.15) is 5.75 Å². The molecule has 1 rings (SSSR count). The van der Waals surface area contributed by atoms with E-state index in [0.29, 0.717) is 5.75 Å². The number of hydrogen-bond acceptors (Lipinski definition) is 3. The highest BCUT2D eigenvalue weighted by Gasteiger charge is 2.16. The zero-order valence-electron chi connectivity index (χ0n) is 10.3. The van der Waals surface area contributed by atoms with Crippen molar-refractivity contribution in [2.45, 2.75) is 12.2 Å². The van der Waals surface area contributed by atoms with Gasteiger partial charge < -0.3 is 9.64 Å². The Hall–Kier alpha value is -1.42. The van der Waals surface area contributed by atoms with Gasteiger partial charge in [0.25, 0.3) is 5.24 Å². The third-order valence-corrected chi connectivity index (χ3v) is 3.38. The van der Waals surface area contributed by atoms with Crippen molar-refractivity contribution in [3.05, 3.63) is 36.9 Å². The van der Waals surface area contributed by atoms with Crippen LogP contribution in [-0.4, -0.2) is 24.6 Å². The normalized spacial score (nSPS) is 11.7. The van der Waals surface area contributed by atoms with Crippen molar-refractivity contribution < 1.29 is 9.53 Å². The molecule has 1 amide bonds. The second kappa shape index (κ2) is 6.35. The molecule has 1 aromatic carbocycles. The fourth-order valence-corrected chi connectivity index (χ4v) is 1.96. The average Bonchev–Trinajstić information content (AvgIpc) is 2.37. The molecule has 4 heteroatoms. The van der Waals surface area contributed by atoms with Crippen LogP contribution in [0, 0.1) is 0 Å². The number of para-hydroxylation sites is 2. The Kier molecular flexibility index (Phi) is 5.10. The van der Waals surface area contributed by atoms with E-state index in [1.807, 2.05) is 31.2 Å². The third kappa shape index (κ3) is 3.53. The smallest absolute Gasteiger partial charge is 0.286 e. The molecule has 0 bridgehead atoms. The summed E-state index contributed by atoms with van der Waals surface area (Å²) >= 11 is 1.24. The van der Waals surface area contributed by atoms with Crippen LogP contribution in [0.5, 0.6) is 5.75 Å². The van der Waals surface area contributed by atoms with E-state index in [4.69, 9.17) is 4.74 Å². The molecule has 0 spiro atoms. The summed E-state index contributed by atoms with van der Waals surface area (Å²) in [5.74, 6) is 0.690. The van der Waals surface area contributed by atoms with Crippen LogP contribution in [0.3, 0.4) is 0 Å². The van der Waals surface area contributed by atoms with Gasteiger partial charge in [-0.15, -0.1) is 6.58 Å². The lowest BCUT2D eigenvalue weighted by Crippen LogP contribution is -2.23. The van der Waals surface area contributed by atoms with Gasteiger partial charge in [0, 0.05) is 12.3 Å². The first-order valence-corrected chi connectivity index (χ1v) is 6.18. The number of amides is 1. The second-order valence-electron chi connectivity index (χ2n) is 3.56. The molecular formula is C13H17NO2S. The number of benzene rings is 1. The maximum Gasteiger partial charge on any atom is 0.286 e. The largest absolute Gasteiger partial charge is 0.495 e. The van der Waals surface area contributed by atoms with E-state index in [1.54, 1.807) is 25.1 Å². The van der Waals surface area contributed by atoms with Gasteiger partial charge in [0.05, 0.1) is 12.8 Å². The summed E-state index contributed by atoms with van der Waals surface area (Å²) in [7, 11) is 3.33. The highest BCUT2D eigenvalue weighted by molar-refractivity contribution is 8.14. The predicted octanol–water partition coefficient (Wildman–Crippen LogP) is 3.56. The molecule has 17 heavy (non-hydrogen) atoms. The minimum absolute atomic E-state index is 0.0260. The molecule has 92 valence electrons. The fourth-order valence-electron chi connectivity index (χ4n) is 1.29. The Labute approximate surface area is 106 Å². The van der Waals surface area contributed by atoms with E-state index in [1.165, 1.54) is 11.8 Å². The van der Waals surface area contributed by atoms with Crippen LogP contribution in [0.15, 0.2) is 36.9 Å². The predicted molar refractivity (Wildman–Crippen MR) is 74.0 cm³/mol. The van der Waals surface area contributed by atoms with Crippen molar-refractivity contribution in [2.75, 3.05) is 19.1 Å². The van der Waals surface area contributed by atoms with E-state index in [2.05, 4.69) is 6.58 Å². The number of ether oxygens (including phenoxy) is 1. The van der Waals surface area contributed by atoms with Crippen LogP contribution in [0.2, 0.25) is 0 Å². The van der Waals surface area contributed by atoms with E-state index < -0.39 is 0 Å². The van der Waals surface area contributed by atoms with E-state index >= 15 is 0 Å². The van der Waals surface area contributed by atoms with Crippen molar-refractivity contribution >= 4 is 22.7 Å². The molecule has 0 saturated carbocycles. The van der Waals surface area contributed by atoms with E-state index in [-0.39, 0.29) is 10.5 Å². The summed E-state index contributed by atoms with van der Waals surface area (Å²) < 4.78 is 5.22. The van der Waals surface area contributed by atoms with Crippen molar-refractivity contribution in [1.82, 2.24) is 0 Å². The van der Waals surface area contributed by atoms with Crippen LogP contribution in [0.4, 0.5) is 10.5 Å². The zero-order chi connectivity index (χ0) is 12.8. The molecule has 0 saturated heterocycles. The van der Waals surface area contributed by atoms with Crippen LogP contribution < -0.4 is 9.64 Å². The molecular weight excluding hydrogens is 234 g/mol. The lowest BCUT2D eigenvalue weighted by molar-refractivity contribution is 0.266. The standard InChI is InChI=1S/C13H17NO2S/c1-5-10(2)17-13(15)14(3)11-8-6-7-9-12(11)16-4/h5-10H,1H2,2-4H3. The monoisotopic (exact) mass is 251 g/mol. The summed E-state index contributed by atoms with van der Waals surface area (Å²) in [6.07, 6.45) is 1.75. The van der Waals surface area contributed by atoms with Gasteiger partial charge in [-0.3, -0.25) is 4.79 Å². The lowest BCUT2D eigenvalue weighted by Gasteiger charge is -2.20. The van der Waals surface area contributed by atoms with Crippen LogP contribution >= 0.6 is 11.8 Å². The molecule has 1 atom stereocenters. The number of rotatable bonds is 4. The molecule has 0 aliphatic carbocycles. The summed E-state index contributed by atoms with van der Waals surface area (Å²) in [6.45, 7) is 5.60. The van der Waals surface area contributed by atoms with Gasteiger partial charge in [-0.2, -0.15) is 0 Å². The van der Waals surface area contributed by atoms with Gasteiger partial charge >= 0.3 is 0 Å². The van der Waals surface area contributed by atoms with Gasteiger partial charge in [-0.1, -0.05) is 30.0 Å². The van der Waals surface area contributed by atoms with Crippen molar-refractivity contribution in [1.29, 1.82) is 0 Å². The Morgan fingerprint density at radius 3 is 2.76 bits per heavy atom. The lowest BCUT2D eigenvalue weighted by atomic mass is 10.3. The molecule has 0 aromatic heterocycles. The highest BCUT2D eigenvalue weighted by atomic mass is 32.2. The number of nitrogens with zero attached hydrogens (tertiary/aromatic N) is 1. The molecule has 0 heterocycles. The number of methoxy groups -OCH3 is 1. The molecule has 1 aromatic rings. The average molecular weight is 251 g/mol. The molecule has 0 aliphatic rings. The van der Waals surface area contributed by atoms with Crippen molar-refractivity contribution in [3.8, 4) is 5.75 Å². The van der Waals surface area contributed by atoms with Gasteiger partial charge in [0.15, 0.2) is 0 Å². The number of carbonyl (C=O) groups is 1. The summed E-state index contributed by atoms with van der Waals surface area (Å²) in [5.41, 5.74) is 0.767. The first kappa shape index (κ1) is 13.6. The molecule has 0 radical (unpaired) electrons. The molecule has 3 nitrogen and oxygen atoms in total. The summed E-state index contributed by atoms with van der Waals surface area (Å²) in [4.78, 5) is 13.6. The minimum atomic E-state index is -0.0260. The van der Waals surface area contributed by atoms with Gasteiger partial charge in [-0.05, 0) is 19.1 Å². The fraction of sp³-hybridized carbons (Fsp3) is 0.308. The second-order valence-corrected chi connectivity index (χ2v) is 4.88. The quantitative estimate of drug-likeness (QED) is 0.766.